The van der Waals surface area contributed by atoms with Crippen molar-refractivity contribution in [2.75, 3.05) is 18.4 Å². The second kappa shape index (κ2) is 11.4. The number of carbonyl (C=O) groups is 1. The van der Waals surface area contributed by atoms with Gasteiger partial charge in [-0.1, -0.05) is 24.6 Å². The van der Waals surface area contributed by atoms with E-state index in [1.165, 1.54) is 30.3 Å². The van der Waals surface area contributed by atoms with Crippen molar-refractivity contribution in [1.82, 2.24) is 19.9 Å². The summed E-state index contributed by atoms with van der Waals surface area (Å²) in [6.07, 6.45) is 2.87. The van der Waals surface area contributed by atoms with Crippen LogP contribution < -0.4 is 20.3 Å². The fourth-order valence-corrected chi connectivity index (χ4v) is 5.51. The van der Waals surface area contributed by atoms with Gasteiger partial charge < -0.3 is 10.1 Å². The molecule has 0 aliphatic heterocycles. The maximum Gasteiger partial charge on any atom is 0.263 e. The molecule has 0 radical (unpaired) electrons. The number of halogens is 2. The monoisotopic (exact) mass is 573 g/mol. The lowest BCUT2D eigenvalue weighted by molar-refractivity contribution is -0.124. The van der Waals surface area contributed by atoms with Crippen molar-refractivity contribution in [3.63, 3.8) is 0 Å². The normalized spacial score (nSPS) is 12.2. The molecule has 2 aromatic heterocycles. The van der Waals surface area contributed by atoms with Gasteiger partial charge in [0.15, 0.2) is 0 Å². The third-order valence-electron chi connectivity index (χ3n) is 5.90. The van der Waals surface area contributed by atoms with Gasteiger partial charge in [-0.3, -0.25) is 18.9 Å². The smallest absolute Gasteiger partial charge is 0.263 e. The lowest BCUT2D eigenvalue weighted by Crippen LogP contribution is -2.34. The molecule has 0 saturated heterocycles. The summed E-state index contributed by atoms with van der Waals surface area (Å²) in [6, 6.07) is 9.43. The molecule has 0 spiro atoms. The van der Waals surface area contributed by atoms with E-state index < -0.39 is 21.8 Å². The van der Waals surface area contributed by atoms with Crippen LogP contribution >= 0.6 is 11.6 Å². The number of pyridine rings is 1. The Hall–Kier alpha value is -4.03. The highest BCUT2D eigenvalue weighted by Gasteiger charge is 2.22. The van der Waals surface area contributed by atoms with Gasteiger partial charge in [-0.2, -0.15) is 0 Å². The number of nitrogens with zero attached hydrogens (tertiary/aromatic N) is 3. The van der Waals surface area contributed by atoms with Gasteiger partial charge in [-0.15, -0.1) is 0 Å². The third-order valence-corrected chi connectivity index (χ3v) is 7.75. The van der Waals surface area contributed by atoms with Gasteiger partial charge in [-0.05, 0) is 48.9 Å². The second-order valence-electron chi connectivity index (χ2n) is 8.69. The van der Waals surface area contributed by atoms with Gasteiger partial charge >= 0.3 is 0 Å². The van der Waals surface area contributed by atoms with Crippen LogP contribution in [0.1, 0.15) is 13.8 Å². The summed E-state index contributed by atoms with van der Waals surface area (Å²) in [6.45, 7) is 4.18. The summed E-state index contributed by atoms with van der Waals surface area (Å²) in [5.74, 6) is -1.30. The first-order chi connectivity index (χ1) is 18.5. The van der Waals surface area contributed by atoms with E-state index >= 15 is 0 Å². The van der Waals surface area contributed by atoms with E-state index in [2.05, 4.69) is 20.0 Å². The number of hydrogen-bond acceptors (Lipinski definition) is 7. The molecule has 0 aliphatic rings. The Morgan fingerprint density at radius 1 is 1.15 bits per heavy atom. The quantitative estimate of drug-likeness (QED) is 0.311. The van der Waals surface area contributed by atoms with Gasteiger partial charge in [0.05, 0.1) is 35.3 Å². The maximum atomic E-state index is 13.4. The van der Waals surface area contributed by atoms with E-state index in [0.29, 0.717) is 28.6 Å². The zero-order valence-corrected chi connectivity index (χ0v) is 22.8. The van der Waals surface area contributed by atoms with Crippen molar-refractivity contribution in [1.29, 1.82) is 0 Å². The number of rotatable bonds is 9. The zero-order valence-electron chi connectivity index (χ0n) is 21.2. The van der Waals surface area contributed by atoms with Gasteiger partial charge in [0, 0.05) is 24.8 Å². The molecule has 2 heterocycles. The molecule has 0 unspecified atom stereocenters. The van der Waals surface area contributed by atoms with Crippen molar-refractivity contribution in [3.8, 4) is 17.0 Å². The molecule has 2 N–H and O–H groups in total. The van der Waals surface area contributed by atoms with Crippen LogP contribution in [-0.4, -0.2) is 42.5 Å². The summed E-state index contributed by atoms with van der Waals surface area (Å²) >= 11 is 5.96. The van der Waals surface area contributed by atoms with Crippen molar-refractivity contribution in [2.24, 2.45) is 5.92 Å². The Balaban J connectivity index is 1.71. The molecule has 0 aliphatic carbocycles. The molecule has 0 saturated carbocycles. The van der Waals surface area contributed by atoms with Crippen LogP contribution in [0.15, 0.2) is 64.7 Å². The first kappa shape index (κ1) is 28.0. The standard InChI is InChI=1S/C26H25ClFN5O5S/c1-4-29-24(34)15(2)13-33-14-31-21-7-5-16(9-19(21)26(33)35)17-10-22(25(38-3)30-12-17)32-39(36,37)23-8-6-18(28)11-20(23)27/h5-12,14-15,32H,4,13H2,1-3H3,(H,29,34)/t15-/m1/s1. The number of aromatic nitrogens is 3. The largest absolute Gasteiger partial charge is 0.480 e. The Kier molecular flexibility index (Phi) is 8.17. The topological polar surface area (TPSA) is 132 Å². The van der Waals surface area contributed by atoms with E-state index in [0.717, 1.165) is 18.2 Å². The molecule has 0 bridgehead atoms. The minimum Gasteiger partial charge on any atom is -0.480 e. The van der Waals surface area contributed by atoms with Crippen molar-refractivity contribution >= 4 is 44.1 Å². The van der Waals surface area contributed by atoms with E-state index in [9.17, 15) is 22.4 Å². The summed E-state index contributed by atoms with van der Waals surface area (Å²) in [4.78, 5) is 33.6. The molecule has 4 rings (SSSR count). The predicted molar refractivity (Wildman–Crippen MR) is 146 cm³/mol. The van der Waals surface area contributed by atoms with Gasteiger partial charge in [0.1, 0.15) is 16.4 Å². The molecule has 39 heavy (non-hydrogen) atoms. The van der Waals surface area contributed by atoms with Crippen LogP contribution in [0.2, 0.25) is 5.02 Å². The van der Waals surface area contributed by atoms with Crippen LogP contribution in [0.5, 0.6) is 5.88 Å². The maximum absolute atomic E-state index is 13.4. The number of anilines is 1. The molecule has 1 atom stereocenters. The van der Waals surface area contributed by atoms with E-state index in [1.807, 2.05) is 6.92 Å². The number of ether oxygens (including phenoxy) is 1. The summed E-state index contributed by atoms with van der Waals surface area (Å²) in [5.41, 5.74) is 1.18. The van der Waals surface area contributed by atoms with Gasteiger partial charge in [0.2, 0.25) is 11.8 Å². The second-order valence-corrected chi connectivity index (χ2v) is 10.7. The fourth-order valence-electron chi connectivity index (χ4n) is 3.93. The summed E-state index contributed by atoms with van der Waals surface area (Å²) in [5, 5.41) is 2.76. The summed E-state index contributed by atoms with van der Waals surface area (Å²) < 4.78 is 48.4. The van der Waals surface area contributed by atoms with Crippen molar-refractivity contribution < 1.29 is 22.3 Å². The highest BCUT2D eigenvalue weighted by Crippen LogP contribution is 2.32. The lowest BCUT2D eigenvalue weighted by atomic mass is 10.0. The Morgan fingerprint density at radius 3 is 2.62 bits per heavy atom. The van der Waals surface area contributed by atoms with Crippen LogP contribution in [0.3, 0.4) is 0 Å². The van der Waals surface area contributed by atoms with Gasteiger partial charge in [-0.25, -0.2) is 22.8 Å². The molecular weight excluding hydrogens is 549 g/mol. The molecule has 13 heteroatoms. The fraction of sp³-hybridized carbons (Fsp3) is 0.231. The number of nitrogens with one attached hydrogen (secondary N) is 2. The lowest BCUT2D eigenvalue weighted by Gasteiger charge is -2.14. The molecule has 10 nitrogen and oxygen atoms in total. The highest BCUT2D eigenvalue weighted by atomic mass is 35.5. The number of carbonyl (C=O) groups excluding carboxylic acids is 1. The Labute approximate surface area is 228 Å². The number of benzene rings is 2. The zero-order chi connectivity index (χ0) is 28.3. The van der Waals surface area contributed by atoms with Crippen LogP contribution in [-0.2, 0) is 21.4 Å². The Bertz CT molecular complexity index is 1730. The average molecular weight is 574 g/mol. The van der Waals surface area contributed by atoms with E-state index in [4.69, 9.17) is 16.3 Å². The first-order valence-corrected chi connectivity index (χ1v) is 13.7. The predicted octanol–water partition coefficient (Wildman–Crippen LogP) is 3.83. The minimum atomic E-state index is -4.23. The SMILES string of the molecule is CCNC(=O)[C@H](C)Cn1cnc2ccc(-c3cnc(OC)c(NS(=O)(=O)c4ccc(F)cc4Cl)c3)cc2c1=O. The minimum absolute atomic E-state index is 0.00912. The molecular formula is C26H25ClFN5O5S. The number of sulfonamides is 1. The van der Waals surface area contributed by atoms with Crippen LogP contribution in [0, 0.1) is 11.7 Å². The van der Waals surface area contributed by atoms with E-state index in [1.54, 1.807) is 25.1 Å². The first-order valence-electron chi connectivity index (χ1n) is 11.8. The third kappa shape index (κ3) is 6.02. The molecule has 1 amide bonds. The summed E-state index contributed by atoms with van der Waals surface area (Å²) in [7, 11) is -2.90. The molecule has 204 valence electrons. The molecule has 0 fully saturated rings. The average Bonchev–Trinajstić information content (AvgIpc) is 2.89. The number of hydrogen-bond donors (Lipinski definition) is 2. The van der Waals surface area contributed by atoms with Crippen LogP contribution in [0.4, 0.5) is 10.1 Å². The number of fused-ring (bicyclic) bond motifs is 1. The van der Waals surface area contributed by atoms with Crippen molar-refractivity contribution in [2.45, 2.75) is 25.3 Å². The molecule has 2 aromatic carbocycles. The van der Waals surface area contributed by atoms with Crippen molar-refractivity contribution in [3.05, 3.63) is 76.2 Å². The highest BCUT2D eigenvalue weighted by molar-refractivity contribution is 7.92. The van der Waals surface area contributed by atoms with E-state index in [-0.39, 0.29) is 39.5 Å². The Morgan fingerprint density at radius 2 is 1.92 bits per heavy atom. The van der Waals surface area contributed by atoms with Crippen LogP contribution in [0.25, 0.3) is 22.0 Å². The number of amides is 1. The molecule has 4 aromatic rings. The van der Waals surface area contributed by atoms with Gasteiger partial charge in [0.25, 0.3) is 15.6 Å². The number of methoxy groups -OCH3 is 1.